The zero-order valence-corrected chi connectivity index (χ0v) is 8.75. The molecule has 0 atom stereocenters. The van der Waals surface area contributed by atoms with Crippen LogP contribution in [-0.4, -0.2) is 6.41 Å². The third kappa shape index (κ3) is 2.20. The molecule has 0 unspecified atom stereocenters. The molecule has 7 heteroatoms. The second kappa shape index (κ2) is 4.17. The molecule has 0 aliphatic heterocycles. The maximum absolute atomic E-state index is 12.4. The molecule has 1 amide bonds. The molecular formula is C11H6F3NO3. The maximum atomic E-state index is 12.4. The summed E-state index contributed by atoms with van der Waals surface area (Å²) < 4.78 is 41.8. The Hall–Kier alpha value is -2.31. The van der Waals surface area contributed by atoms with Crippen LogP contribution in [0.4, 0.5) is 18.9 Å². The van der Waals surface area contributed by atoms with Crippen LogP contribution >= 0.6 is 0 Å². The first-order valence-corrected chi connectivity index (χ1v) is 4.77. The Morgan fingerprint density at radius 3 is 2.56 bits per heavy atom. The highest BCUT2D eigenvalue weighted by Gasteiger charge is 2.34. The second-order valence-electron chi connectivity index (χ2n) is 3.45. The highest BCUT2D eigenvalue weighted by Crippen LogP contribution is 2.30. The summed E-state index contributed by atoms with van der Waals surface area (Å²) in [5, 5.41) is 2.26. The van der Waals surface area contributed by atoms with Gasteiger partial charge in [0.15, 0.2) is 5.43 Å². The summed E-state index contributed by atoms with van der Waals surface area (Å²) in [7, 11) is 0. The van der Waals surface area contributed by atoms with E-state index in [2.05, 4.69) is 9.73 Å². The van der Waals surface area contributed by atoms with Crippen molar-refractivity contribution in [2.24, 2.45) is 0 Å². The average Bonchev–Trinajstić information content (AvgIpc) is 2.29. The predicted molar refractivity (Wildman–Crippen MR) is 57.2 cm³/mol. The summed E-state index contributed by atoms with van der Waals surface area (Å²) in [5.41, 5.74) is -0.714. The molecule has 0 aliphatic rings. The van der Waals surface area contributed by atoms with Crippen molar-refractivity contribution in [2.75, 3.05) is 5.32 Å². The molecule has 0 saturated heterocycles. The smallest absolute Gasteiger partial charge is 0.449 e. The van der Waals surface area contributed by atoms with Crippen LogP contribution in [0.15, 0.2) is 33.5 Å². The number of nitrogens with one attached hydrogen (secondary N) is 1. The fourth-order valence-corrected chi connectivity index (χ4v) is 1.45. The van der Waals surface area contributed by atoms with Crippen LogP contribution in [0.5, 0.6) is 0 Å². The number of hydrogen-bond donors (Lipinski definition) is 1. The van der Waals surface area contributed by atoms with Gasteiger partial charge < -0.3 is 9.73 Å². The Bertz CT molecular complexity index is 661. The maximum Gasteiger partial charge on any atom is 0.449 e. The van der Waals surface area contributed by atoms with Crippen LogP contribution in [0.25, 0.3) is 11.0 Å². The third-order valence-electron chi connectivity index (χ3n) is 2.23. The molecule has 0 saturated carbocycles. The summed E-state index contributed by atoms with van der Waals surface area (Å²) in [4.78, 5) is 21.7. The molecule has 4 nitrogen and oxygen atoms in total. The van der Waals surface area contributed by atoms with E-state index in [-0.39, 0.29) is 11.0 Å². The van der Waals surface area contributed by atoms with Crippen LogP contribution in [0.1, 0.15) is 5.76 Å². The predicted octanol–water partition coefficient (Wildman–Crippen LogP) is 2.38. The SMILES string of the molecule is O=CNc1ccc2oc(C(F)(F)F)cc(=O)c2c1. The van der Waals surface area contributed by atoms with Gasteiger partial charge in [0.2, 0.25) is 12.2 Å². The summed E-state index contributed by atoms with van der Waals surface area (Å²) in [6.45, 7) is 0. The molecule has 2 rings (SSSR count). The fourth-order valence-electron chi connectivity index (χ4n) is 1.45. The topological polar surface area (TPSA) is 59.3 Å². The van der Waals surface area contributed by atoms with Gasteiger partial charge in [-0.1, -0.05) is 0 Å². The number of hydrogen-bond acceptors (Lipinski definition) is 3. The van der Waals surface area contributed by atoms with E-state index in [0.717, 1.165) is 0 Å². The van der Waals surface area contributed by atoms with Gasteiger partial charge in [-0.25, -0.2) is 0 Å². The van der Waals surface area contributed by atoms with Gasteiger partial charge in [0.25, 0.3) is 0 Å². The van der Waals surface area contributed by atoms with E-state index in [1.807, 2.05) is 0 Å². The van der Waals surface area contributed by atoms with Crippen molar-refractivity contribution in [3.8, 4) is 0 Å². The van der Waals surface area contributed by atoms with E-state index in [9.17, 15) is 22.8 Å². The van der Waals surface area contributed by atoms with Gasteiger partial charge in [-0.05, 0) is 18.2 Å². The molecule has 0 aliphatic carbocycles. The van der Waals surface area contributed by atoms with E-state index in [0.29, 0.717) is 18.2 Å². The first-order chi connectivity index (χ1) is 8.41. The van der Waals surface area contributed by atoms with E-state index in [4.69, 9.17) is 0 Å². The zero-order chi connectivity index (χ0) is 13.3. The number of benzene rings is 1. The van der Waals surface area contributed by atoms with Crippen molar-refractivity contribution in [2.45, 2.75) is 6.18 Å². The molecule has 1 aromatic carbocycles. The molecule has 1 N–H and O–H groups in total. The number of rotatable bonds is 2. The highest BCUT2D eigenvalue weighted by molar-refractivity contribution is 5.83. The van der Waals surface area contributed by atoms with Crippen LogP contribution in [0.3, 0.4) is 0 Å². The Morgan fingerprint density at radius 1 is 1.22 bits per heavy atom. The number of carbonyl (C=O) groups is 1. The quantitative estimate of drug-likeness (QED) is 0.840. The van der Waals surface area contributed by atoms with Gasteiger partial charge in [-0.3, -0.25) is 9.59 Å². The first kappa shape index (κ1) is 12.2. The van der Waals surface area contributed by atoms with Crippen LogP contribution < -0.4 is 10.7 Å². The highest BCUT2D eigenvalue weighted by atomic mass is 19.4. The van der Waals surface area contributed by atoms with Gasteiger partial charge in [-0.2, -0.15) is 13.2 Å². The zero-order valence-electron chi connectivity index (χ0n) is 8.75. The lowest BCUT2D eigenvalue weighted by Crippen LogP contribution is -2.11. The lowest BCUT2D eigenvalue weighted by molar-refractivity contribution is -0.152. The average molecular weight is 257 g/mol. The third-order valence-corrected chi connectivity index (χ3v) is 2.23. The first-order valence-electron chi connectivity index (χ1n) is 4.77. The van der Waals surface area contributed by atoms with Crippen LogP contribution in [0, 0.1) is 0 Å². The minimum atomic E-state index is -4.72. The van der Waals surface area contributed by atoms with E-state index >= 15 is 0 Å². The van der Waals surface area contributed by atoms with Gasteiger partial charge in [0, 0.05) is 11.8 Å². The molecule has 2 aromatic rings. The second-order valence-corrected chi connectivity index (χ2v) is 3.45. The van der Waals surface area contributed by atoms with Crippen molar-refractivity contribution in [1.82, 2.24) is 0 Å². The molecular weight excluding hydrogens is 251 g/mol. The monoisotopic (exact) mass is 257 g/mol. The Kier molecular flexibility index (Phi) is 2.82. The van der Waals surface area contributed by atoms with E-state index in [1.165, 1.54) is 18.2 Å². The number of halogens is 3. The number of alkyl halides is 3. The normalized spacial score (nSPS) is 11.5. The lowest BCUT2D eigenvalue weighted by Gasteiger charge is -2.06. The van der Waals surface area contributed by atoms with Gasteiger partial charge in [-0.15, -0.1) is 0 Å². The van der Waals surface area contributed by atoms with Crippen molar-refractivity contribution < 1.29 is 22.4 Å². The molecule has 1 aromatic heterocycles. The number of anilines is 1. The Labute approximate surface area is 98.0 Å². The van der Waals surface area contributed by atoms with Crippen molar-refractivity contribution in [3.63, 3.8) is 0 Å². The van der Waals surface area contributed by atoms with Gasteiger partial charge in [0.1, 0.15) is 5.58 Å². The van der Waals surface area contributed by atoms with Gasteiger partial charge in [0.05, 0.1) is 5.39 Å². The Morgan fingerprint density at radius 2 is 1.94 bits per heavy atom. The number of amides is 1. The van der Waals surface area contributed by atoms with Crippen molar-refractivity contribution in [3.05, 3.63) is 40.2 Å². The van der Waals surface area contributed by atoms with E-state index < -0.39 is 17.4 Å². The van der Waals surface area contributed by atoms with E-state index in [1.54, 1.807) is 0 Å². The summed E-state index contributed by atoms with van der Waals surface area (Å²) in [5.74, 6) is -1.35. The molecule has 0 radical (unpaired) electrons. The summed E-state index contributed by atoms with van der Waals surface area (Å²) in [6.07, 6.45) is -4.32. The number of fused-ring (bicyclic) bond motifs is 1. The molecule has 18 heavy (non-hydrogen) atoms. The van der Waals surface area contributed by atoms with Crippen LogP contribution in [0.2, 0.25) is 0 Å². The number of carbonyl (C=O) groups excluding carboxylic acids is 1. The molecule has 0 bridgehead atoms. The van der Waals surface area contributed by atoms with Gasteiger partial charge >= 0.3 is 6.18 Å². The fraction of sp³-hybridized carbons (Fsp3) is 0.0909. The molecule has 0 fully saturated rings. The minimum absolute atomic E-state index is 0.0325. The summed E-state index contributed by atoms with van der Waals surface area (Å²) >= 11 is 0. The van der Waals surface area contributed by atoms with Crippen LogP contribution in [-0.2, 0) is 11.0 Å². The minimum Gasteiger partial charge on any atom is -0.451 e. The summed E-state index contributed by atoms with van der Waals surface area (Å²) in [6, 6.07) is 4.15. The molecule has 0 spiro atoms. The standard InChI is InChI=1S/C11H6F3NO3/c12-11(13,14)10-4-8(17)7-3-6(15-5-16)1-2-9(7)18-10/h1-5H,(H,15,16). The largest absolute Gasteiger partial charge is 0.451 e. The molecule has 1 heterocycles. The van der Waals surface area contributed by atoms with Crippen molar-refractivity contribution in [1.29, 1.82) is 0 Å². The van der Waals surface area contributed by atoms with Crippen molar-refractivity contribution >= 4 is 23.1 Å². The lowest BCUT2D eigenvalue weighted by atomic mass is 10.2. The Balaban J connectivity index is 2.66. The molecule has 94 valence electrons.